The zero-order valence-electron chi connectivity index (χ0n) is 13.4. The van der Waals surface area contributed by atoms with Gasteiger partial charge in [-0.3, -0.25) is 0 Å². The van der Waals surface area contributed by atoms with Gasteiger partial charge >= 0.3 is 0 Å². The number of rotatable bonds is 3. The fourth-order valence-corrected chi connectivity index (χ4v) is 3.28. The van der Waals surface area contributed by atoms with E-state index in [0.717, 1.165) is 35.8 Å². The Morgan fingerprint density at radius 3 is 2.43 bits per heavy atom. The zero-order valence-corrected chi connectivity index (χ0v) is 14.1. The Hall–Kier alpha value is -1.71. The van der Waals surface area contributed by atoms with Gasteiger partial charge in [0, 0.05) is 35.1 Å². The third-order valence-electron chi connectivity index (χ3n) is 4.66. The zero-order chi connectivity index (χ0) is 16.4. The second kappa shape index (κ2) is 6.81. The lowest BCUT2D eigenvalue weighted by Crippen LogP contribution is -2.33. The molecule has 3 rings (SSSR count). The van der Waals surface area contributed by atoms with Crippen molar-refractivity contribution in [2.75, 3.05) is 23.7 Å². The molecule has 0 radical (unpaired) electrons. The molecule has 3 nitrogen and oxygen atoms in total. The Balaban J connectivity index is 1.94. The van der Waals surface area contributed by atoms with Gasteiger partial charge < -0.3 is 15.7 Å². The Morgan fingerprint density at radius 1 is 1.13 bits per heavy atom. The number of nitrogen functional groups attached to an aromatic ring is 1. The molecule has 0 spiro atoms. The van der Waals surface area contributed by atoms with Crippen LogP contribution in [0.4, 0.5) is 11.4 Å². The molecule has 1 fully saturated rings. The first-order valence-corrected chi connectivity index (χ1v) is 8.50. The van der Waals surface area contributed by atoms with Crippen LogP contribution in [0.1, 0.15) is 37.0 Å². The second-order valence-corrected chi connectivity index (χ2v) is 6.88. The van der Waals surface area contributed by atoms with Crippen LogP contribution in [0.25, 0.3) is 0 Å². The van der Waals surface area contributed by atoms with Gasteiger partial charge in [-0.2, -0.15) is 0 Å². The third kappa shape index (κ3) is 3.62. The lowest BCUT2D eigenvalue weighted by atomic mass is 9.95. The Bertz CT molecular complexity index is 664. The average molecular weight is 331 g/mol. The third-order valence-corrected chi connectivity index (χ3v) is 4.91. The summed E-state index contributed by atoms with van der Waals surface area (Å²) >= 11 is 5.94. The van der Waals surface area contributed by atoms with Crippen LogP contribution in [0.5, 0.6) is 0 Å². The molecule has 0 saturated carbocycles. The molecule has 1 aliphatic rings. The standard InChI is InChI=1S/C19H23ClN2O/c1-13-8-10-22(11-9-13)18-7-6-16(21)12-17(18)19(23)14-2-4-15(20)5-3-14/h2-7,12-13,19,23H,8-11,21H2,1H3. The van der Waals surface area contributed by atoms with Gasteiger partial charge in [-0.1, -0.05) is 30.7 Å². The van der Waals surface area contributed by atoms with Crippen LogP contribution >= 0.6 is 11.6 Å². The van der Waals surface area contributed by atoms with Crippen molar-refractivity contribution in [1.82, 2.24) is 0 Å². The summed E-state index contributed by atoms with van der Waals surface area (Å²) in [6.45, 7) is 4.33. The van der Waals surface area contributed by atoms with E-state index in [1.165, 1.54) is 12.8 Å². The van der Waals surface area contributed by atoms with Crippen LogP contribution in [0.15, 0.2) is 42.5 Å². The van der Waals surface area contributed by atoms with Crippen LogP contribution in [-0.2, 0) is 0 Å². The number of hydrogen-bond donors (Lipinski definition) is 2. The number of aliphatic hydroxyl groups is 1. The van der Waals surface area contributed by atoms with Crippen molar-refractivity contribution in [2.45, 2.75) is 25.9 Å². The molecule has 1 atom stereocenters. The lowest BCUT2D eigenvalue weighted by Gasteiger charge is -2.34. The first-order chi connectivity index (χ1) is 11.0. The van der Waals surface area contributed by atoms with Crippen molar-refractivity contribution in [2.24, 2.45) is 5.92 Å². The van der Waals surface area contributed by atoms with Crippen molar-refractivity contribution in [3.05, 3.63) is 58.6 Å². The van der Waals surface area contributed by atoms with Crippen LogP contribution in [0.2, 0.25) is 5.02 Å². The summed E-state index contributed by atoms with van der Waals surface area (Å²) in [6.07, 6.45) is 1.66. The molecule has 1 saturated heterocycles. The summed E-state index contributed by atoms with van der Waals surface area (Å²) in [5.41, 5.74) is 9.40. The molecule has 4 heteroatoms. The number of piperidine rings is 1. The minimum atomic E-state index is -0.704. The number of aliphatic hydroxyl groups excluding tert-OH is 1. The fourth-order valence-electron chi connectivity index (χ4n) is 3.15. The van der Waals surface area contributed by atoms with E-state index in [-0.39, 0.29) is 0 Å². The highest BCUT2D eigenvalue weighted by Gasteiger charge is 2.22. The topological polar surface area (TPSA) is 49.5 Å². The van der Waals surface area contributed by atoms with Crippen LogP contribution < -0.4 is 10.6 Å². The predicted octanol–water partition coefficient (Wildman–Crippen LogP) is 4.24. The Morgan fingerprint density at radius 2 is 1.78 bits per heavy atom. The van der Waals surface area contributed by atoms with Crippen molar-refractivity contribution in [3.63, 3.8) is 0 Å². The van der Waals surface area contributed by atoms with Gasteiger partial charge in [0.15, 0.2) is 0 Å². The molecule has 2 aromatic carbocycles. The molecule has 1 unspecified atom stereocenters. The van der Waals surface area contributed by atoms with Crippen molar-refractivity contribution in [1.29, 1.82) is 0 Å². The second-order valence-electron chi connectivity index (χ2n) is 6.44. The van der Waals surface area contributed by atoms with E-state index < -0.39 is 6.10 Å². The fraction of sp³-hybridized carbons (Fsp3) is 0.368. The van der Waals surface area contributed by atoms with Gasteiger partial charge in [-0.15, -0.1) is 0 Å². The molecular formula is C19H23ClN2O. The number of hydrogen-bond acceptors (Lipinski definition) is 3. The number of halogens is 1. The molecule has 23 heavy (non-hydrogen) atoms. The maximum atomic E-state index is 10.8. The summed E-state index contributed by atoms with van der Waals surface area (Å²) in [4.78, 5) is 2.36. The number of nitrogens with two attached hydrogens (primary N) is 1. The summed E-state index contributed by atoms with van der Waals surface area (Å²) in [5.74, 6) is 0.768. The van der Waals surface area contributed by atoms with E-state index in [9.17, 15) is 5.11 Å². The van der Waals surface area contributed by atoms with E-state index in [2.05, 4.69) is 11.8 Å². The number of benzene rings is 2. The highest BCUT2D eigenvalue weighted by Crippen LogP contribution is 2.34. The molecule has 0 aromatic heterocycles. The molecule has 3 N–H and O–H groups in total. The summed E-state index contributed by atoms with van der Waals surface area (Å²) in [6, 6.07) is 13.1. The largest absolute Gasteiger partial charge is 0.399 e. The SMILES string of the molecule is CC1CCN(c2ccc(N)cc2C(O)c2ccc(Cl)cc2)CC1. The van der Waals surface area contributed by atoms with Gasteiger partial charge in [-0.25, -0.2) is 0 Å². The predicted molar refractivity (Wildman–Crippen MR) is 97.0 cm³/mol. The summed E-state index contributed by atoms with van der Waals surface area (Å²) in [5, 5.41) is 11.5. The van der Waals surface area contributed by atoms with Gasteiger partial charge in [0.25, 0.3) is 0 Å². The molecule has 1 heterocycles. The molecule has 1 aliphatic heterocycles. The van der Waals surface area contributed by atoms with Crippen LogP contribution in [-0.4, -0.2) is 18.2 Å². The minimum Gasteiger partial charge on any atom is -0.399 e. The quantitative estimate of drug-likeness (QED) is 0.827. The van der Waals surface area contributed by atoms with Crippen LogP contribution in [0, 0.1) is 5.92 Å². The summed E-state index contributed by atoms with van der Waals surface area (Å²) < 4.78 is 0. The van der Waals surface area contributed by atoms with Gasteiger partial charge in [0.05, 0.1) is 0 Å². The normalized spacial score (nSPS) is 17.3. The van der Waals surface area contributed by atoms with E-state index >= 15 is 0 Å². The van der Waals surface area contributed by atoms with Crippen LogP contribution in [0.3, 0.4) is 0 Å². The Labute approximate surface area is 142 Å². The van der Waals surface area contributed by atoms with E-state index in [0.29, 0.717) is 10.7 Å². The highest BCUT2D eigenvalue weighted by molar-refractivity contribution is 6.30. The monoisotopic (exact) mass is 330 g/mol. The first kappa shape index (κ1) is 16.2. The first-order valence-electron chi connectivity index (χ1n) is 8.12. The average Bonchev–Trinajstić information content (AvgIpc) is 2.56. The molecular weight excluding hydrogens is 308 g/mol. The van der Waals surface area contributed by atoms with Crippen molar-refractivity contribution >= 4 is 23.0 Å². The van der Waals surface area contributed by atoms with E-state index in [1.807, 2.05) is 30.3 Å². The van der Waals surface area contributed by atoms with Crippen molar-refractivity contribution in [3.8, 4) is 0 Å². The molecule has 0 aliphatic carbocycles. The maximum absolute atomic E-state index is 10.8. The maximum Gasteiger partial charge on any atom is 0.106 e. The molecule has 0 bridgehead atoms. The van der Waals surface area contributed by atoms with Gasteiger partial charge in [0.2, 0.25) is 0 Å². The lowest BCUT2D eigenvalue weighted by molar-refractivity contribution is 0.220. The van der Waals surface area contributed by atoms with Crippen molar-refractivity contribution < 1.29 is 5.11 Å². The Kier molecular flexibility index (Phi) is 4.79. The number of anilines is 2. The minimum absolute atomic E-state index is 0.666. The van der Waals surface area contributed by atoms with Gasteiger partial charge in [0.1, 0.15) is 6.10 Å². The molecule has 2 aromatic rings. The van der Waals surface area contributed by atoms with E-state index in [1.54, 1.807) is 12.1 Å². The smallest absolute Gasteiger partial charge is 0.106 e. The highest BCUT2D eigenvalue weighted by atomic mass is 35.5. The summed E-state index contributed by atoms with van der Waals surface area (Å²) in [7, 11) is 0. The molecule has 0 amide bonds. The number of nitrogens with zero attached hydrogens (tertiary/aromatic N) is 1. The van der Waals surface area contributed by atoms with E-state index in [4.69, 9.17) is 17.3 Å². The molecule has 122 valence electrons. The van der Waals surface area contributed by atoms with Gasteiger partial charge in [-0.05, 0) is 54.7 Å².